The molecule has 0 radical (unpaired) electrons. The molecule has 0 aliphatic carbocycles. The number of nitrogens with zero attached hydrogens (tertiary/aromatic N) is 3. The molecule has 9 nitrogen and oxygen atoms in total. The second-order valence-electron chi connectivity index (χ2n) is 6.30. The van der Waals surface area contributed by atoms with Gasteiger partial charge in [-0.15, -0.1) is 17.5 Å². The highest BCUT2D eigenvalue weighted by molar-refractivity contribution is 9.10. The Hall–Kier alpha value is -1.40. The van der Waals surface area contributed by atoms with E-state index >= 15 is 0 Å². The molecule has 12 heteroatoms. The van der Waals surface area contributed by atoms with E-state index in [-0.39, 0.29) is 42.7 Å². The van der Waals surface area contributed by atoms with Gasteiger partial charge in [-0.1, -0.05) is 28.1 Å². The van der Waals surface area contributed by atoms with Gasteiger partial charge >= 0.3 is 0 Å². The van der Waals surface area contributed by atoms with Crippen LogP contribution in [0.5, 0.6) is 0 Å². The number of sulfonamides is 1. The van der Waals surface area contributed by atoms with Crippen LogP contribution in [0, 0.1) is 5.92 Å². The fourth-order valence-electron chi connectivity index (χ4n) is 3.04. The zero-order valence-corrected chi connectivity index (χ0v) is 17.6. The highest BCUT2D eigenvalue weighted by atomic mass is 79.9. The fourth-order valence-corrected chi connectivity index (χ4v) is 4.79. The summed E-state index contributed by atoms with van der Waals surface area (Å²) >= 11 is 3.33. The molecule has 27 heavy (non-hydrogen) atoms. The minimum atomic E-state index is -3.52. The molecule has 1 aliphatic rings. The average molecular weight is 482 g/mol. The fraction of sp³-hybridized carbons (Fsp3) is 0.467. The SMILES string of the molecule is Cl.Nc1n[nH]c(N2CCC(NS(=O)(=O)Cc3ccc(Br)cc3)C(CO)C2)n1. The Balaban J connectivity index is 0.00000261. The molecular formula is C15H22BrClN6O3S. The minimum absolute atomic E-state index is 0. The Morgan fingerprint density at radius 1 is 1.37 bits per heavy atom. The first-order valence-corrected chi connectivity index (χ1v) is 10.6. The van der Waals surface area contributed by atoms with Crippen molar-refractivity contribution in [1.82, 2.24) is 19.9 Å². The predicted molar refractivity (Wildman–Crippen MR) is 109 cm³/mol. The summed E-state index contributed by atoms with van der Waals surface area (Å²) in [7, 11) is -3.52. The lowest BCUT2D eigenvalue weighted by Crippen LogP contribution is -2.52. The molecule has 1 fully saturated rings. The van der Waals surface area contributed by atoms with E-state index in [0.717, 1.165) is 4.47 Å². The second kappa shape index (κ2) is 9.20. The monoisotopic (exact) mass is 480 g/mol. The third-order valence-electron chi connectivity index (χ3n) is 4.36. The Morgan fingerprint density at radius 2 is 2.07 bits per heavy atom. The summed E-state index contributed by atoms with van der Waals surface area (Å²) in [5, 5.41) is 16.2. The molecule has 2 unspecified atom stereocenters. The quantitative estimate of drug-likeness (QED) is 0.480. The lowest BCUT2D eigenvalue weighted by atomic mass is 9.94. The first kappa shape index (κ1) is 21.9. The maximum Gasteiger partial charge on any atom is 0.241 e. The molecule has 2 aromatic rings. The Labute approximate surface area is 172 Å². The van der Waals surface area contributed by atoms with Gasteiger partial charge in [-0.05, 0) is 24.1 Å². The summed E-state index contributed by atoms with van der Waals surface area (Å²) in [6.45, 7) is 0.902. The number of benzene rings is 1. The van der Waals surface area contributed by atoms with Crippen molar-refractivity contribution in [3.63, 3.8) is 0 Å². The number of piperidine rings is 1. The molecule has 1 saturated heterocycles. The van der Waals surface area contributed by atoms with Crippen LogP contribution in [0.15, 0.2) is 28.7 Å². The van der Waals surface area contributed by atoms with E-state index < -0.39 is 10.0 Å². The number of aliphatic hydroxyl groups excluding tert-OH is 1. The van der Waals surface area contributed by atoms with Crippen molar-refractivity contribution < 1.29 is 13.5 Å². The predicted octanol–water partition coefficient (Wildman–Crippen LogP) is 0.878. The molecule has 3 rings (SSSR count). The first-order chi connectivity index (χ1) is 12.4. The van der Waals surface area contributed by atoms with Gasteiger partial charge in [-0.3, -0.25) is 0 Å². The van der Waals surface area contributed by atoms with Gasteiger partial charge in [0.05, 0.1) is 5.75 Å². The van der Waals surface area contributed by atoms with E-state index in [1.165, 1.54) is 0 Å². The van der Waals surface area contributed by atoms with Crippen molar-refractivity contribution in [3.05, 3.63) is 34.3 Å². The molecule has 1 aliphatic heterocycles. The Morgan fingerprint density at radius 3 is 2.67 bits per heavy atom. The van der Waals surface area contributed by atoms with E-state index in [1.54, 1.807) is 12.1 Å². The van der Waals surface area contributed by atoms with Crippen LogP contribution in [0.25, 0.3) is 0 Å². The molecule has 0 bridgehead atoms. The standard InChI is InChI=1S/C15H21BrN6O3S.ClH/c16-12-3-1-10(2-4-12)9-26(24,25)21-13-5-6-22(7-11(13)8-23)15-18-14(17)19-20-15;/h1-4,11,13,21,23H,5-9H2,(H3,17,18,19,20);1H. The summed E-state index contributed by atoms with van der Waals surface area (Å²) in [5.74, 6) is 0.321. The molecule has 0 saturated carbocycles. The van der Waals surface area contributed by atoms with Gasteiger partial charge in [-0.25, -0.2) is 18.2 Å². The normalized spacial score (nSPS) is 20.3. The maximum atomic E-state index is 12.5. The molecule has 0 spiro atoms. The summed E-state index contributed by atoms with van der Waals surface area (Å²) in [6.07, 6.45) is 0.547. The van der Waals surface area contributed by atoms with Crippen LogP contribution in [-0.4, -0.2) is 54.4 Å². The molecule has 2 heterocycles. The van der Waals surface area contributed by atoms with Crippen molar-refractivity contribution in [2.24, 2.45) is 5.92 Å². The number of H-pyrrole nitrogens is 1. The molecule has 1 aromatic heterocycles. The number of halogens is 2. The average Bonchev–Trinajstić information content (AvgIpc) is 3.03. The zero-order chi connectivity index (χ0) is 18.7. The first-order valence-electron chi connectivity index (χ1n) is 8.14. The number of nitrogens with one attached hydrogen (secondary N) is 2. The van der Waals surface area contributed by atoms with Gasteiger partial charge in [-0.2, -0.15) is 4.98 Å². The molecule has 1 aromatic carbocycles. The van der Waals surface area contributed by atoms with Gasteiger partial charge in [0.1, 0.15) is 0 Å². The molecular weight excluding hydrogens is 460 g/mol. The third kappa shape index (κ3) is 5.79. The van der Waals surface area contributed by atoms with Gasteiger partial charge in [0, 0.05) is 36.1 Å². The lowest BCUT2D eigenvalue weighted by molar-refractivity contribution is 0.184. The van der Waals surface area contributed by atoms with Crippen LogP contribution in [0.2, 0.25) is 0 Å². The molecule has 0 amide bonds. The Kier molecular flexibility index (Phi) is 7.46. The van der Waals surface area contributed by atoms with Gasteiger partial charge in [0.25, 0.3) is 0 Å². The van der Waals surface area contributed by atoms with Crippen molar-refractivity contribution >= 4 is 50.3 Å². The number of hydrogen-bond donors (Lipinski definition) is 4. The largest absolute Gasteiger partial charge is 0.396 e. The van der Waals surface area contributed by atoms with Crippen molar-refractivity contribution in [1.29, 1.82) is 0 Å². The van der Waals surface area contributed by atoms with Crippen molar-refractivity contribution in [3.8, 4) is 0 Å². The maximum absolute atomic E-state index is 12.5. The van der Waals surface area contributed by atoms with Crippen LogP contribution in [0.1, 0.15) is 12.0 Å². The second-order valence-corrected chi connectivity index (χ2v) is 8.97. The zero-order valence-electron chi connectivity index (χ0n) is 14.4. The van der Waals surface area contributed by atoms with Gasteiger partial charge < -0.3 is 15.7 Å². The Bertz CT molecular complexity index is 847. The third-order valence-corrected chi connectivity index (χ3v) is 6.26. The number of aromatic nitrogens is 3. The van der Waals surface area contributed by atoms with Crippen molar-refractivity contribution in [2.45, 2.75) is 18.2 Å². The van der Waals surface area contributed by atoms with E-state index in [2.05, 4.69) is 35.8 Å². The number of aliphatic hydroxyl groups is 1. The van der Waals surface area contributed by atoms with Crippen LogP contribution in [-0.2, 0) is 15.8 Å². The van der Waals surface area contributed by atoms with E-state index in [1.807, 2.05) is 17.0 Å². The number of nitrogen functional groups attached to an aromatic ring is 1. The van der Waals surface area contributed by atoms with Gasteiger partial charge in [0.2, 0.25) is 21.9 Å². The smallest absolute Gasteiger partial charge is 0.241 e. The molecule has 2 atom stereocenters. The number of hydrogen-bond acceptors (Lipinski definition) is 7. The van der Waals surface area contributed by atoms with E-state index in [0.29, 0.717) is 31.0 Å². The van der Waals surface area contributed by atoms with Crippen LogP contribution in [0.4, 0.5) is 11.9 Å². The molecule has 5 N–H and O–H groups in total. The number of rotatable bonds is 6. The molecule has 150 valence electrons. The highest BCUT2D eigenvalue weighted by Gasteiger charge is 2.32. The topological polar surface area (TPSA) is 137 Å². The lowest BCUT2D eigenvalue weighted by Gasteiger charge is -2.37. The number of aromatic amines is 1. The summed E-state index contributed by atoms with van der Waals surface area (Å²) in [6, 6.07) is 6.82. The highest BCUT2D eigenvalue weighted by Crippen LogP contribution is 2.22. The van der Waals surface area contributed by atoms with Crippen LogP contribution in [0.3, 0.4) is 0 Å². The van der Waals surface area contributed by atoms with Crippen molar-refractivity contribution in [2.75, 3.05) is 30.3 Å². The number of nitrogens with two attached hydrogens (primary N) is 1. The van der Waals surface area contributed by atoms with Crippen LogP contribution >= 0.6 is 28.3 Å². The summed E-state index contributed by atoms with van der Waals surface area (Å²) in [5.41, 5.74) is 6.23. The number of anilines is 2. The summed E-state index contributed by atoms with van der Waals surface area (Å²) < 4.78 is 28.6. The minimum Gasteiger partial charge on any atom is -0.396 e. The van der Waals surface area contributed by atoms with Crippen LogP contribution < -0.4 is 15.4 Å². The van der Waals surface area contributed by atoms with E-state index in [4.69, 9.17) is 5.73 Å². The van der Waals surface area contributed by atoms with Gasteiger partial charge in [0.15, 0.2) is 0 Å². The van der Waals surface area contributed by atoms with E-state index in [9.17, 15) is 13.5 Å². The summed E-state index contributed by atoms with van der Waals surface area (Å²) in [4.78, 5) is 5.99.